The summed E-state index contributed by atoms with van der Waals surface area (Å²) >= 11 is 0. The lowest BCUT2D eigenvalue weighted by Crippen LogP contribution is -2.62. The molecule has 1 atom stereocenters. The maximum atomic E-state index is 12.7. The Morgan fingerprint density at radius 2 is 1.69 bits per heavy atom. The van der Waals surface area contributed by atoms with Gasteiger partial charge < -0.3 is 15.4 Å². The molecule has 0 spiro atoms. The summed E-state index contributed by atoms with van der Waals surface area (Å²) in [6, 6.07) is 14.1. The number of nitrogens with one attached hydrogen (secondary N) is 2. The Kier molecular flexibility index (Phi) is 4.98. The topological polar surface area (TPSA) is 50.4 Å². The fourth-order valence-corrected chi connectivity index (χ4v) is 4.29. The maximum absolute atomic E-state index is 12.7. The van der Waals surface area contributed by atoms with E-state index in [0.717, 1.165) is 29.4 Å². The van der Waals surface area contributed by atoms with E-state index in [2.05, 4.69) is 38.3 Å². The molecule has 0 radical (unpaired) electrons. The van der Waals surface area contributed by atoms with Crippen LogP contribution in [0.4, 0.5) is 0 Å². The second-order valence-electron chi connectivity index (χ2n) is 8.74. The molecule has 140 valence electrons. The minimum absolute atomic E-state index is 0.000571. The number of carbonyl (C=O) groups excluding carboxylic acids is 1. The first-order valence-electron chi connectivity index (χ1n) is 9.39. The maximum Gasteiger partial charge on any atom is 0.260 e. The molecule has 0 bridgehead atoms. The van der Waals surface area contributed by atoms with Gasteiger partial charge in [-0.2, -0.15) is 0 Å². The molecule has 2 aromatic rings. The van der Waals surface area contributed by atoms with Crippen molar-refractivity contribution in [2.45, 2.75) is 70.7 Å². The second kappa shape index (κ2) is 6.92. The van der Waals surface area contributed by atoms with Gasteiger partial charge in [0, 0.05) is 22.5 Å². The molecule has 1 aliphatic heterocycles. The molecular weight excluding hydrogens is 324 g/mol. The SMILES string of the molecule is CC(Oc1cccc2ccccc12)C(=O)NC1CC(C)(C)NC(C)(C)C1. The van der Waals surface area contributed by atoms with Gasteiger partial charge in [-0.25, -0.2) is 0 Å². The van der Waals surface area contributed by atoms with Crippen LogP contribution < -0.4 is 15.4 Å². The van der Waals surface area contributed by atoms with E-state index in [-0.39, 0.29) is 23.0 Å². The number of rotatable bonds is 4. The monoisotopic (exact) mass is 354 g/mol. The fourth-order valence-electron chi connectivity index (χ4n) is 4.29. The first-order chi connectivity index (χ1) is 12.2. The van der Waals surface area contributed by atoms with Crippen molar-refractivity contribution in [1.82, 2.24) is 10.6 Å². The summed E-state index contributed by atoms with van der Waals surface area (Å²) in [5.41, 5.74) is -0.00114. The number of benzene rings is 2. The molecule has 4 nitrogen and oxygen atoms in total. The van der Waals surface area contributed by atoms with E-state index in [4.69, 9.17) is 4.74 Å². The van der Waals surface area contributed by atoms with Crippen molar-refractivity contribution < 1.29 is 9.53 Å². The van der Waals surface area contributed by atoms with Crippen LogP contribution in [-0.2, 0) is 4.79 Å². The number of amides is 1. The Morgan fingerprint density at radius 1 is 1.08 bits per heavy atom. The van der Waals surface area contributed by atoms with E-state index < -0.39 is 6.10 Å². The quantitative estimate of drug-likeness (QED) is 0.871. The molecule has 1 heterocycles. The number of ether oxygens (including phenoxy) is 1. The van der Waals surface area contributed by atoms with Crippen molar-refractivity contribution in [1.29, 1.82) is 0 Å². The normalized spacial score (nSPS) is 20.5. The Labute approximate surface area is 156 Å². The average molecular weight is 354 g/mol. The number of hydrogen-bond acceptors (Lipinski definition) is 3. The predicted molar refractivity (Wildman–Crippen MR) is 106 cm³/mol. The van der Waals surface area contributed by atoms with Gasteiger partial charge in [-0.15, -0.1) is 0 Å². The summed E-state index contributed by atoms with van der Waals surface area (Å²) in [5, 5.41) is 8.97. The van der Waals surface area contributed by atoms with E-state index in [9.17, 15) is 4.79 Å². The highest BCUT2D eigenvalue weighted by Gasteiger charge is 2.38. The van der Waals surface area contributed by atoms with Crippen LogP contribution >= 0.6 is 0 Å². The number of piperidine rings is 1. The third-order valence-corrected chi connectivity index (χ3v) is 4.96. The van der Waals surface area contributed by atoms with E-state index >= 15 is 0 Å². The first kappa shape index (κ1) is 18.7. The Balaban J connectivity index is 1.68. The zero-order valence-corrected chi connectivity index (χ0v) is 16.4. The van der Waals surface area contributed by atoms with Gasteiger partial charge in [-0.3, -0.25) is 4.79 Å². The summed E-state index contributed by atoms with van der Waals surface area (Å²) in [5.74, 6) is 0.688. The van der Waals surface area contributed by atoms with E-state index in [1.807, 2.05) is 49.4 Å². The van der Waals surface area contributed by atoms with Gasteiger partial charge in [0.2, 0.25) is 0 Å². The van der Waals surface area contributed by atoms with Crippen molar-refractivity contribution in [3.8, 4) is 5.75 Å². The van der Waals surface area contributed by atoms with Crippen LogP contribution in [0.25, 0.3) is 10.8 Å². The standard InChI is InChI=1S/C22H30N2O2/c1-15(26-19-12-8-10-16-9-6-7-11-18(16)19)20(25)23-17-13-21(2,3)24-22(4,5)14-17/h6-12,15,17,24H,13-14H2,1-5H3,(H,23,25). The zero-order chi connectivity index (χ0) is 18.9. The molecule has 3 rings (SSSR count). The van der Waals surface area contributed by atoms with E-state index in [1.165, 1.54) is 0 Å². The molecule has 1 amide bonds. The third-order valence-electron chi connectivity index (χ3n) is 4.96. The summed E-state index contributed by atoms with van der Waals surface area (Å²) in [6.07, 6.45) is 1.27. The van der Waals surface area contributed by atoms with Crippen LogP contribution in [0, 0.1) is 0 Å². The smallest absolute Gasteiger partial charge is 0.260 e. The Bertz CT molecular complexity index is 776. The zero-order valence-electron chi connectivity index (χ0n) is 16.4. The van der Waals surface area contributed by atoms with Crippen molar-refractivity contribution in [3.63, 3.8) is 0 Å². The van der Waals surface area contributed by atoms with Crippen molar-refractivity contribution in [2.75, 3.05) is 0 Å². The van der Waals surface area contributed by atoms with Gasteiger partial charge in [0.25, 0.3) is 5.91 Å². The van der Waals surface area contributed by atoms with Crippen LogP contribution in [0.5, 0.6) is 5.75 Å². The fraction of sp³-hybridized carbons (Fsp3) is 0.500. The first-order valence-corrected chi connectivity index (χ1v) is 9.39. The molecule has 2 aromatic carbocycles. The molecule has 0 saturated carbocycles. The number of carbonyl (C=O) groups is 1. The summed E-state index contributed by atoms with van der Waals surface area (Å²) in [4.78, 5) is 12.7. The molecule has 4 heteroatoms. The van der Waals surface area contributed by atoms with Crippen LogP contribution in [0.1, 0.15) is 47.5 Å². The minimum atomic E-state index is -0.540. The number of hydrogen-bond donors (Lipinski definition) is 2. The largest absolute Gasteiger partial charge is 0.480 e. The van der Waals surface area contributed by atoms with Crippen molar-refractivity contribution >= 4 is 16.7 Å². The minimum Gasteiger partial charge on any atom is -0.480 e. The van der Waals surface area contributed by atoms with Crippen LogP contribution in [0.3, 0.4) is 0 Å². The van der Waals surface area contributed by atoms with Crippen LogP contribution in [0.15, 0.2) is 42.5 Å². The Hall–Kier alpha value is -2.07. The van der Waals surface area contributed by atoms with Crippen LogP contribution in [-0.4, -0.2) is 29.1 Å². The van der Waals surface area contributed by atoms with Crippen molar-refractivity contribution in [2.24, 2.45) is 0 Å². The van der Waals surface area contributed by atoms with Gasteiger partial charge in [0.1, 0.15) is 5.75 Å². The molecule has 1 unspecified atom stereocenters. The summed E-state index contributed by atoms with van der Waals surface area (Å²) < 4.78 is 6.01. The van der Waals surface area contributed by atoms with E-state index in [0.29, 0.717) is 0 Å². The highest BCUT2D eigenvalue weighted by molar-refractivity contribution is 5.89. The highest BCUT2D eigenvalue weighted by atomic mass is 16.5. The molecule has 26 heavy (non-hydrogen) atoms. The summed E-state index contributed by atoms with van der Waals surface area (Å²) in [6.45, 7) is 10.5. The van der Waals surface area contributed by atoms with Crippen molar-refractivity contribution in [3.05, 3.63) is 42.5 Å². The summed E-state index contributed by atoms with van der Waals surface area (Å²) in [7, 11) is 0. The van der Waals surface area contributed by atoms with Crippen LogP contribution in [0.2, 0.25) is 0 Å². The molecule has 0 aromatic heterocycles. The lowest BCUT2D eigenvalue weighted by molar-refractivity contribution is -0.128. The van der Waals surface area contributed by atoms with Gasteiger partial charge in [-0.05, 0) is 58.9 Å². The second-order valence-corrected chi connectivity index (χ2v) is 8.74. The average Bonchev–Trinajstić information content (AvgIpc) is 2.52. The van der Waals surface area contributed by atoms with Gasteiger partial charge >= 0.3 is 0 Å². The predicted octanol–water partition coefficient (Wildman–Crippen LogP) is 4.03. The molecule has 1 fully saturated rings. The van der Waals surface area contributed by atoms with E-state index in [1.54, 1.807) is 0 Å². The Morgan fingerprint density at radius 3 is 2.38 bits per heavy atom. The third kappa shape index (κ3) is 4.36. The molecule has 2 N–H and O–H groups in total. The van der Waals surface area contributed by atoms with Gasteiger partial charge in [0.15, 0.2) is 6.10 Å². The highest BCUT2D eigenvalue weighted by Crippen LogP contribution is 2.29. The number of fused-ring (bicyclic) bond motifs is 1. The molecule has 1 saturated heterocycles. The van der Waals surface area contributed by atoms with Gasteiger partial charge in [-0.1, -0.05) is 36.4 Å². The van der Waals surface area contributed by atoms with Gasteiger partial charge in [0.05, 0.1) is 0 Å². The lowest BCUT2D eigenvalue weighted by atomic mass is 9.79. The molecule has 1 aliphatic rings. The molecule has 0 aliphatic carbocycles. The lowest BCUT2D eigenvalue weighted by Gasteiger charge is -2.46. The molecular formula is C22H30N2O2.